The lowest BCUT2D eigenvalue weighted by molar-refractivity contribution is 0.0558. The van der Waals surface area contributed by atoms with Crippen LogP contribution in [0, 0.1) is 11.8 Å². The van der Waals surface area contributed by atoms with Crippen LogP contribution in [0.5, 0.6) is 0 Å². The molecule has 0 heterocycles. The minimum Gasteiger partial charge on any atom is -0.0620 e. The highest BCUT2D eigenvalue weighted by Crippen LogP contribution is 2.64. The molecule has 0 aromatic heterocycles. The fourth-order valence-corrected chi connectivity index (χ4v) is 5.37. The van der Waals surface area contributed by atoms with E-state index in [1.54, 1.807) is 22.3 Å². The summed E-state index contributed by atoms with van der Waals surface area (Å²) < 4.78 is 0. The van der Waals surface area contributed by atoms with Gasteiger partial charge < -0.3 is 0 Å². The summed E-state index contributed by atoms with van der Waals surface area (Å²) in [5.74, 6) is 3.55. The van der Waals surface area contributed by atoms with Gasteiger partial charge in [-0.25, -0.2) is 0 Å². The molecule has 0 nitrogen and oxygen atoms in total. The third-order valence-corrected chi connectivity index (χ3v) is 6.18. The maximum Gasteiger partial charge on any atom is -0.00562 e. The molecule has 3 aliphatic carbocycles. The summed E-state index contributed by atoms with van der Waals surface area (Å²) in [6.07, 6.45) is 5.46. The molecule has 100 valence electrons. The second kappa shape index (κ2) is 3.97. The molecular weight excluding hydrogens is 240 g/mol. The van der Waals surface area contributed by atoms with Gasteiger partial charge in [0.25, 0.3) is 0 Å². The van der Waals surface area contributed by atoms with Gasteiger partial charge in [-0.1, -0.05) is 48.5 Å². The highest BCUT2D eigenvalue weighted by molar-refractivity contribution is 5.45. The van der Waals surface area contributed by atoms with Gasteiger partial charge in [0.2, 0.25) is 0 Å². The van der Waals surface area contributed by atoms with Crippen LogP contribution in [0.1, 0.15) is 46.9 Å². The molecule has 2 aromatic carbocycles. The molecule has 0 N–H and O–H groups in total. The molecule has 0 bridgehead atoms. The number of aryl methyl sites for hydroxylation is 2. The normalized spacial score (nSPS) is 33.2. The Morgan fingerprint density at radius 2 is 1.05 bits per heavy atom. The van der Waals surface area contributed by atoms with E-state index in [4.69, 9.17) is 0 Å². The van der Waals surface area contributed by atoms with Crippen LogP contribution < -0.4 is 0 Å². The van der Waals surface area contributed by atoms with Gasteiger partial charge in [0.05, 0.1) is 0 Å². The Balaban J connectivity index is 1.64. The molecule has 0 amide bonds. The number of benzene rings is 2. The first-order valence-electron chi connectivity index (χ1n) is 8.09. The van der Waals surface area contributed by atoms with E-state index in [1.807, 2.05) is 0 Å². The lowest BCUT2D eigenvalue weighted by atomic mass is 9.46. The van der Waals surface area contributed by atoms with Gasteiger partial charge in [-0.05, 0) is 71.6 Å². The van der Waals surface area contributed by atoms with E-state index in [-0.39, 0.29) is 0 Å². The molecule has 0 aliphatic heterocycles. The average molecular weight is 260 g/mol. The molecule has 20 heavy (non-hydrogen) atoms. The van der Waals surface area contributed by atoms with Crippen LogP contribution >= 0.6 is 0 Å². The fraction of sp³-hybridized carbons (Fsp3) is 0.400. The van der Waals surface area contributed by atoms with E-state index >= 15 is 0 Å². The molecule has 0 heteroatoms. The van der Waals surface area contributed by atoms with Gasteiger partial charge in [-0.15, -0.1) is 0 Å². The van der Waals surface area contributed by atoms with Crippen molar-refractivity contribution in [2.24, 2.45) is 11.8 Å². The third kappa shape index (κ3) is 1.32. The largest absolute Gasteiger partial charge is 0.0620 e. The minimum absolute atomic E-state index is 0.811. The number of rotatable bonds is 0. The molecular formula is C20H20. The van der Waals surface area contributed by atoms with E-state index in [2.05, 4.69) is 48.5 Å². The first-order chi connectivity index (χ1) is 9.93. The summed E-state index contributed by atoms with van der Waals surface area (Å²) >= 11 is 0. The van der Waals surface area contributed by atoms with Crippen molar-refractivity contribution in [3.8, 4) is 0 Å². The maximum absolute atomic E-state index is 2.40. The summed E-state index contributed by atoms with van der Waals surface area (Å²) in [6, 6.07) is 18.4. The predicted octanol–water partition coefficient (Wildman–Crippen LogP) is 4.69. The first kappa shape index (κ1) is 11.1. The van der Waals surface area contributed by atoms with Gasteiger partial charge >= 0.3 is 0 Å². The van der Waals surface area contributed by atoms with Crippen molar-refractivity contribution in [1.82, 2.24) is 0 Å². The van der Waals surface area contributed by atoms with Crippen molar-refractivity contribution in [3.05, 3.63) is 70.8 Å². The standard InChI is InChI=1S/C20H20/c1-3-7-15-13(5-1)9-11-17-18-12-10-14-6-2-4-8-16(14)20(18)19(15)17/h1-8,17-20H,9-12H2/t17-,18-,19-,20-/m1/s1. The van der Waals surface area contributed by atoms with E-state index in [1.165, 1.54) is 25.7 Å². The summed E-state index contributed by atoms with van der Waals surface area (Å²) in [6.45, 7) is 0. The molecule has 0 radical (unpaired) electrons. The number of hydrogen-bond donors (Lipinski definition) is 0. The van der Waals surface area contributed by atoms with Crippen LogP contribution in [0.25, 0.3) is 0 Å². The Hall–Kier alpha value is -1.56. The Bertz CT molecular complexity index is 610. The zero-order valence-corrected chi connectivity index (χ0v) is 11.8. The van der Waals surface area contributed by atoms with Crippen molar-refractivity contribution in [2.45, 2.75) is 37.5 Å². The third-order valence-electron chi connectivity index (χ3n) is 6.18. The van der Waals surface area contributed by atoms with E-state index in [0.717, 1.165) is 23.7 Å². The maximum atomic E-state index is 2.40. The quantitative estimate of drug-likeness (QED) is 0.644. The molecule has 4 atom stereocenters. The summed E-state index contributed by atoms with van der Waals surface area (Å²) in [5, 5.41) is 0. The number of fused-ring (bicyclic) bond motifs is 8. The van der Waals surface area contributed by atoms with Crippen LogP contribution in [-0.2, 0) is 12.8 Å². The topological polar surface area (TPSA) is 0 Å². The Morgan fingerprint density at radius 3 is 1.55 bits per heavy atom. The minimum atomic E-state index is 0.811. The first-order valence-corrected chi connectivity index (χ1v) is 8.09. The van der Waals surface area contributed by atoms with Crippen molar-refractivity contribution in [3.63, 3.8) is 0 Å². The number of hydrogen-bond acceptors (Lipinski definition) is 0. The van der Waals surface area contributed by atoms with Gasteiger partial charge in [-0.2, -0.15) is 0 Å². The summed E-state index contributed by atoms with van der Waals surface area (Å²) in [4.78, 5) is 0. The summed E-state index contributed by atoms with van der Waals surface area (Å²) in [7, 11) is 0. The van der Waals surface area contributed by atoms with Crippen LogP contribution in [0.4, 0.5) is 0 Å². The van der Waals surface area contributed by atoms with E-state index in [0.29, 0.717) is 0 Å². The molecule has 3 aliphatic rings. The van der Waals surface area contributed by atoms with Crippen molar-refractivity contribution in [2.75, 3.05) is 0 Å². The molecule has 2 aromatic rings. The van der Waals surface area contributed by atoms with Crippen LogP contribution in [-0.4, -0.2) is 0 Å². The van der Waals surface area contributed by atoms with E-state index < -0.39 is 0 Å². The van der Waals surface area contributed by atoms with Crippen LogP contribution in [0.2, 0.25) is 0 Å². The fourth-order valence-electron chi connectivity index (χ4n) is 5.37. The van der Waals surface area contributed by atoms with Crippen molar-refractivity contribution < 1.29 is 0 Å². The Kier molecular flexibility index (Phi) is 2.21. The Morgan fingerprint density at radius 1 is 0.600 bits per heavy atom. The smallest absolute Gasteiger partial charge is 0.00562 e. The van der Waals surface area contributed by atoms with Crippen LogP contribution in [0.3, 0.4) is 0 Å². The molecule has 0 spiro atoms. The predicted molar refractivity (Wildman–Crippen MR) is 82.0 cm³/mol. The van der Waals surface area contributed by atoms with Crippen LogP contribution in [0.15, 0.2) is 48.5 Å². The van der Waals surface area contributed by atoms with Crippen molar-refractivity contribution >= 4 is 0 Å². The van der Waals surface area contributed by atoms with E-state index in [9.17, 15) is 0 Å². The van der Waals surface area contributed by atoms with Gasteiger partial charge in [0, 0.05) is 0 Å². The zero-order chi connectivity index (χ0) is 13.1. The molecule has 0 saturated heterocycles. The molecule has 5 rings (SSSR count). The second-order valence-electron chi connectivity index (χ2n) is 6.85. The Labute approximate surface area is 120 Å². The zero-order valence-electron chi connectivity index (χ0n) is 11.8. The monoisotopic (exact) mass is 260 g/mol. The molecule has 1 fully saturated rings. The summed E-state index contributed by atoms with van der Waals surface area (Å²) in [5.41, 5.74) is 6.58. The van der Waals surface area contributed by atoms with Gasteiger partial charge in [-0.3, -0.25) is 0 Å². The van der Waals surface area contributed by atoms with Gasteiger partial charge in [0.1, 0.15) is 0 Å². The molecule has 1 saturated carbocycles. The highest BCUT2D eigenvalue weighted by Gasteiger charge is 2.54. The van der Waals surface area contributed by atoms with Crippen molar-refractivity contribution in [1.29, 1.82) is 0 Å². The molecule has 0 unspecified atom stereocenters. The lowest BCUT2D eigenvalue weighted by Gasteiger charge is -2.58. The average Bonchev–Trinajstić information content (AvgIpc) is 2.49. The lowest BCUT2D eigenvalue weighted by Crippen LogP contribution is -2.48. The second-order valence-corrected chi connectivity index (χ2v) is 6.85. The SMILES string of the molecule is c1ccc2c(c1)CC[C@@H]1[C@H]3CCc4ccccc4[C@H]3[C@H]21. The van der Waals surface area contributed by atoms with Gasteiger partial charge in [0.15, 0.2) is 0 Å². The highest BCUT2D eigenvalue weighted by atomic mass is 14.6.